The fourth-order valence-electron chi connectivity index (χ4n) is 2.87. The lowest BCUT2D eigenvalue weighted by Gasteiger charge is -2.35. The Balaban J connectivity index is 1.80. The summed E-state index contributed by atoms with van der Waals surface area (Å²) in [6, 6.07) is 12.3. The van der Waals surface area contributed by atoms with Gasteiger partial charge < -0.3 is 15.0 Å². The van der Waals surface area contributed by atoms with Crippen molar-refractivity contribution in [1.29, 1.82) is 5.26 Å². The highest BCUT2D eigenvalue weighted by Crippen LogP contribution is 2.13. The maximum Gasteiger partial charge on any atom is 0.266 e. The van der Waals surface area contributed by atoms with Crippen LogP contribution in [0.4, 0.5) is 0 Å². The SMILES string of the molecule is CC1CN(C(=O)/C(C#N)=C\NCCCc2ccccc2)CC(C)O1. The number of hydrogen-bond donors (Lipinski definition) is 1. The molecule has 0 aliphatic carbocycles. The largest absolute Gasteiger partial charge is 0.390 e. The van der Waals surface area contributed by atoms with Crippen LogP contribution in [0.25, 0.3) is 0 Å². The smallest absolute Gasteiger partial charge is 0.266 e. The number of morpholine rings is 1. The van der Waals surface area contributed by atoms with Crippen molar-refractivity contribution >= 4 is 5.91 Å². The zero-order chi connectivity index (χ0) is 17.4. The van der Waals surface area contributed by atoms with E-state index in [0.717, 1.165) is 19.4 Å². The molecule has 1 heterocycles. The number of nitriles is 1. The first-order chi connectivity index (χ1) is 11.6. The fourth-order valence-corrected chi connectivity index (χ4v) is 2.87. The van der Waals surface area contributed by atoms with E-state index in [1.807, 2.05) is 38.1 Å². The van der Waals surface area contributed by atoms with Crippen LogP contribution >= 0.6 is 0 Å². The molecule has 5 heteroatoms. The van der Waals surface area contributed by atoms with Crippen molar-refractivity contribution in [2.75, 3.05) is 19.6 Å². The van der Waals surface area contributed by atoms with Crippen LogP contribution in [0.3, 0.4) is 0 Å². The van der Waals surface area contributed by atoms with Gasteiger partial charge >= 0.3 is 0 Å². The third kappa shape index (κ3) is 5.39. The van der Waals surface area contributed by atoms with Crippen molar-refractivity contribution in [3.05, 3.63) is 47.7 Å². The molecular formula is C19H25N3O2. The molecule has 0 saturated carbocycles. The molecule has 1 aliphatic heterocycles. The maximum absolute atomic E-state index is 12.4. The average molecular weight is 327 g/mol. The van der Waals surface area contributed by atoms with Gasteiger partial charge in [0.25, 0.3) is 5.91 Å². The van der Waals surface area contributed by atoms with Crippen molar-refractivity contribution in [2.24, 2.45) is 0 Å². The van der Waals surface area contributed by atoms with Crippen molar-refractivity contribution in [3.63, 3.8) is 0 Å². The summed E-state index contributed by atoms with van der Waals surface area (Å²) >= 11 is 0. The molecule has 2 rings (SSSR count). The minimum Gasteiger partial charge on any atom is -0.390 e. The molecule has 5 nitrogen and oxygen atoms in total. The van der Waals surface area contributed by atoms with Gasteiger partial charge in [0.2, 0.25) is 0 Å². The lowest BCUT2D eigenvalue weighted by molar-refractivity contribution is -0.138. The van der Waals surface area contributed by atoms with Crippen LogP contribution < -0.4 is 5.32 Å². The Bertz CT molecular complexity index is 597. The standard InChI is InChI=1S/C19H25N3O2/c1-15-13-22(14-16(2)24-15)19(23)18(11-20)12-21-10-6-9-17-7-4-3-5-8-17/h3-5,7-8,12,15-16,21H,6,9-10,13-14H2,1-2H3/b18-12-. The van der Waals surface area contributed by atoms with Crippen LogP contribution in [0.1, 0.15) is 25.8 Å². The van der Waals surface area contributed by atoms with Crippen LogP contribution in [0.2, 0.25) is 0 Å². The highest BCUT2D eigenvalue weighted by atomic mass is 16.5. The molecule has 0 bridgehead atoms. The van der Waals surface area contributed by atoms with Gasteiger partial charge in [-0.15, -0.1) is 0 Å². The highest BCUT2D eigenvalue weighted by molar-refractivity contribution is 5.97. The van der Waals surface area contributed by atoms with Crippen LogP contribution in [-0.2, 0) is 16.0 Å². The van der Waals surface area contributed by atoms with Gasteiger partial charge in [0.15, 0.2) is 0 Å². The molecule has 2 atom stereocenters. The quantitative estimate of drug-likeness (QED) is 0.494. The zero-order valence-corrected chi connectivity index (χ0v) is 14.4. The van der Waals surface area contributed by atoms with Gasteiger partial charge in [-0.05, 0) is 32.3 Å². The second kappa shape index (κ2) is 9.09. The first kappa shape index (κ1) is 18.0. The minimum atomic E-state index is -0.227. The molecule has 0 spiro atoms. The normalized spacial score (nSPS) is 21.2. The number of benzene rings is 1. The fraction of sp³-hybridized carbons (Fsp3) is 0.474. The number of carbonyl (C=O) groups is 1. The Hall–Kier alpha value is -2.32. The Kier molecular flexibility index (Phi) is 6.83. The summed E-state index contributed by atoms with van der Waals surface area (Å²) in [6.07, 6.45) is 3.45. The molecule has 1 aliphatic rings. The van der Waals surface area contributed by atoms with Gasteiger partial charge in [0.1, 0.15) is 11.6 Å². The van der Waals surface area contributed by atoms with Gasteiger partial charge in [0, 0.05) is 25.8 Å². The molecule has 0 aromatic heterocycles. The second-order valence-corrected chi connectivity index (χ2v) is 6.18. The highest BCUT2D eigenvalue weighted by Gasteiger charge is 2.27. The third-order valence-electron chi connectivity index (χ3n) is 3.93. The van der Waals surface area contributed by atoms with Gasteiger partial charge in [-0.3, -0.25) is 4.79 Å². The van der Waals surface area contributed by atoms with Gasteiger partial charge in [-0.2, -0.15) is 5.26 Å². The molecular weight excluding hydrogens is 302 g/mol. The molecule has 24 heavy (non-hydrogen) atoms. The molecule has 1 saturated heterocycles. The van der Waals surface area contributed by atoms with Crippen molar-refractivity contribution in [1.82, 2.24) is 10.2 Å². The van der Waals surface area contributed by atoms with E-state index in [1.54, 1.807) is 4.90 Å². The monoisotopic (exact) mass is 327 g/mol. The van der Waals surface area contributed by atoms with Gasteiger partial charge in [-0.25, -0.2) is 0 Å². The molecule has 1 aromatic rings. The number of carbonyl (C=O) groups excluding carboxylic acids is 1. The molecule has 1 amide bonds. The van der Waals surface area contributed by atoms with E-state index in [-0.39, 0.29) is 23.7 Å². The number of hydrogen-bond acceptors (Lipinski definition) is 4. The first-order valence-electron chi connectivity index (χ1n) is 8.42. The predicted molar refractivity (Wildman–Crippen MR) is 93.1 cm³/mol. The van der Waals surface area contributed by atoms with E-state index in [1.165, 1.54) is 11.8 Å². The van der Waals surface area contributed by atoms with Crippen LogP contribution in [-0.4, -0.2) is 42.6 Å². The lowest BCUT2D eigenvalue weighted by atomic mass is 10.1. The van der Waals surface area contributed by atoms with Crippen LogP contribution in [0.15, 0.2) is 42.1 Å². The summed E-state index contributed by atoms with van der Waals surface area (Å²) < 4.78 is 5.62. The molecule has 128 valence electrons. The van der Waals surface area contributed by atoms with E-state index < -0.39 is 0 Å². The van der Waals surface area contributed by atoms with E-state index >= 15 is 0 Å². The van der Waals surface area contributed by atoms with E-state index in [0.29, 0.717) is 13.1 Å². The summed E-state index contributed by atoms with van der Waals surface area (Å²) in [7, 11) is 0. The Labute approximate surface area is 143 Å². The summed E-state index contributed by atoms with van der Waals surface area (Å²) in [4.78, 5) is 14.1. The number of nitrogens with zero attached hydrogens (tertiary/aromatic N) is 2. The molecule has 1 aromatic carbocycles. The summed E-state index contributed by atoms with van der Waals surface area (Å²) in [6.45, 7) is 5.65. The summed E-state index contributed by atoms with van der Waals surface area (Å²) in [5.74, 6) is -0.227. The lowest BCUT2D eigenvalue weighted by Crippen LogP contribution is -2.48. The van der Waals surface area contributed by atoms with Gasteiger partial charge in [-0.1, -0.05) is 30.3 Å². The van der Waals surface area contributed by atoms with E-state index in [9.17, 15) is 10.1 Å². The summed E-state index contributed by atoms with van der Waals surface area (Å²) in [5.41, 5.74) is 1.44. The average Bonchev–Trinajstić information content (AvgIpc) is 2.57. The molecule has 0 radical (unpaired) electrons. The third-order valence-corrected chi connectivity index (χ3v) is 3.93. The predicted octanol–water partition coefficient (Wildman–Crippen LogP) is 2.25. The first-order valence-corrected chi connectivity index (χ1v) is 8.42. The van der Waals surface area contributed by atoms with Gasteiger partial charge in [0.05, 0.1) is 12.2 Å². The Morgan fingerprint density at radius 2 is 2.00 bits per heavy atom. The van der Waals surface area contributed by atoms with E-state index in [4.69, 9.17) is 4.74 Å². The number of rotatable bonds is 6. The summed E-state index contributed by atoms with van der Waals surface area (Å²) in [5, 5.41) is 12.3. The Morgan fingerprint density at radius 1 is 1.33 bits per heavy atom. The second-order valence-electron chi connectivity index (χ2n) is 6.18. The zero-order valence-electron chi connectivity index (χ0n) is 14.4. The number of amides is 1. The maximum atomic E-state index is 12.4. The van der Waals surface area contributed by atoms with Crippen molar-refractivity contribution in [2.45, 2.75) is 38.9 Å². The number of aryl methyl sites for hydroxylation is 1. The number of nitrogens with one attached hydrogen (secondary N) is 1. The van der Waals surface area contributed by atoms with E-state index in [2.05, 4.69) is 17.4 Å². The number of ether oxygens (including phenoxy) is 1. The van der Waals surface area contributed by atoms with Crippen LogP contribution in [0, 0.1) is 11.3 Å². The van der Waals surface area contributed by atoms with Crippen molar-refractivity contribution < 1.29 is 9.53 Å². The molecule has 1 fully saturated rings. The topological polar surface area (TPSA) is 65.4 Å². The molecule has 1 N–H and O–H groups in total. The van der Waals surface area contributed by atoms with Crippen LogP contribution in [0.5, 0.6) is 0 Å². The Morgan fingerprint density at radius 3 is 2.62 bits per heavy atom. The minimum absolute atomic E-state index is 0.00326. The molecule has 2 unspecified atom stereocenters. The van der Waals surface area contributed by atoms with Crippen molar-refractivity contribution in [3.8, 4) is 6.07 Å².